The molecule has 5 aliphatic heterocycles. The van der Waals surface area contributed by atoms with E-state index in [-0.39, 0.29) is 129 Å². The van der Waals surface area contributed by atoms with Crippen LogP contribution in [0.3, 0.4) is 0 Å². The third-order valence-corrected chi connectivity index (χ3v) is 25.0. The van der Waals surface area contributed by atoms with E-state index in [2.05, 4.69) is 16.0 Å². The third-order valence-electron chi connectivity index (χ3n) is 25.0. The smallest absolute Gasteiger partial charge is 0.378 e. The molecule has 0 radical (unpaired) electrons. The van der Waals surface area contributed by atoms with Crippen molar-refractivity contribution in [3.05, 3.63) is 0 Å². The van der Waals surface area contributed by atoms with Crippen molar-refractivity contribution in [2.45, 2.75) is 273 Å². The highest BCUT2D eigenvalue weighted by molar-refractivity contribution is 6.01. The Morgan fingerprint density at radius 1 is 0.591 bits per heavy atom. The summed E-state index contributed by atoms with van der Waals surface area (Å²) in [5.41, 5.74) is -1.91. The Balaban J connectivity index is 1.24. The minimum Gasteiger partial charge on any atom is -0.378 e. The molecular formula is C76H118F8N12O14. The fraction of sp³-hybridized carbons (Fsp3) is 0.842. The van der Waals surface area contributed by atoms with Crippen LogP contribution in [0, 0.1) is 35.5 Å². The average Bonchev–Trinajstić information content (AvgIpc) is 1.75. The Morgan fingerprint density at radius 2 is 1.19 bits per heavy atom. The summed E-state index contributed by atoms with van der Waals surface area (Å²) in [6.45, 7) is 5.35. The average molecular weight is 1580 g/mol. The number of morpholine rings is 1. The maximum absolute atomic E-state index is 15.9. The first-order chi connectivity index (χ1) is 51.8. The van der Waals surface area contributed by atoms with Crippen LogP contribution in [-0.2, 0) is 67.0 Å². The van der Waals surface area contributed by atoms with Crippen LogP contribution in [0.2, 0.25) is 0 Å². The van der Waals surface area contributed by atoms with Gasteiger partial charge in [0, 0.05) is 81.5 Å². The number of carbonyl (C=O) groups excluding carboxylic acids is 12. The number of carbonyl (C=O) groups is 12. The minimum absolute atomic E-state index is 0.00813. The van der Waals surface area contributed by atoms with Crippen LogP contribution < -0.4 is 16.0 Å². The van der Waals surface area contributed by atoms with Crippen molar-refractivity contribution in [1.29, 1.82) is 0 Å². The van der Waals surface area contributed by atoms with Gasteiger partial charge in [-0.25, -0.2) is 8.78 Å². The first-order valence-corrected chi connectivity index (χ1v) is 39.8. The van der Waals surface area contributed by atoms with E-state index in [0.717, 1.165) is 24.5 Å². The van der Waals surface area contributed by atoms with Crippen molar-refractivity contribution in [1.82, 2.24) is 60.0 Å². The Kier molecular flexibility index (Phi) is 31.1. The molecule has 0 aromatic carbocycles. The van der Waals surface area contributed by atoms with Crippen molar-refractivity contribution in [2.24, 2.45) is 35.5 Å². The van der Waals surface area contributed by atoms with Crippen molar-refractivity contribution in [3.8, 4) is 0 Å². The largest absolute Gasteiger partial charge is 0.397 e. The van der Waals surface area contributed by atoms with Crippen molar-refractivity contribution < 1.29 is 102 Å². The first-order valence-electron chi connectivity index (χ1n) is 39.8. The number of fused-ring (bicyclic) bond motifs is 10. The van der Waals surface area contributed by atoms with Crippen LogP contribution in [0.5, 0.6) is 0 Å². The zero-order chi connectivity index (χ0) is 81.0. The number of nitrogens with zero attached hydrogens (tertiary/aromatic N) is 9. The maximum atomic E-state index is 15.9. The normalized spacial score (nSPS) is 33.4. The second-order valence-electron chi connectivity index (χ2n) is 32.6. The number of likely N-dealkylation sites (N-methyl/N-ethyl adjacent to an activating group) is 6. The van der Waals surface area contributed by atoms with Crippen molar-refractivity contribution in [3.63, 3.8) is 0 Å². The molecule has 34 heteroatoms. The zero-order valence-electron chi connectivity index (χ0n) is 65.6. The van der Waals surface area contributed by atoms with Gasteiger partial charge in [0.1, 0.15) is 72.1 Å². The van der Waals surface area contributed by atoms with E-state index in [4.69, 9.17) is 9.47 Å². The summed E-state index contributed by atoms with van der Waals surface area (Å²) in [7, 11) is 8.11. The molecule has 13 atom stereocenters. The topological polar surface area (TPSA) is 289 Å². The van der Waals surface area contributed by atoms with E-state index in [0.29, 0.717) is 51.4 Å². The molecule has 110 heavy (non-hydrogen) atoms. The summed E-state index contributed by atoms with van der Waals surface area (Å²) < 4.78 is 127. The van der Waals surface area contributed by atoms with Gasteiger partial charge in [0.25, 0.3) is 0 Å². The van der Waals surface area contributed by atoms with Gasteiger partial charge in [-0.3, -0.25) is 57.5 Å². The van der Waals surface area contributed by atoms with Crippen LogP contribution in [0.15, 0.2) is 0 Å². The molecule has 8 rings (SSSR count). The monoisotopic (exact) mass is 1570 g/mol. The maximum Gasteiger partial charge on any atom is 0.397 e. The number of rotatable bonds is 11. The highest BCUT2D eigenvalue weighted by atomic mass is 19.4. The van der Waals surface area contributed by atoms with Gasteiger partial charge >= 0.3 is 12.4 Å². The molecule has 3 N–H and O–H groups in total. The summed E-state index contributed by atoms with van der Waals surface area (Å²) in [4.78, 5) is 194. The van der Waals surface area contributed by atoms with E-state index in [1.807, 2.05) is 0 Å². The fourth-order valence-electron chi connectivity index (χ4n) is 18.0. The predicted molar refractivity (Wildman–Crippen MR) is 385 cm³/mol. The third kappa shape index (κ3) is 21.6. The van der Waals surface area contributed by atoms with Gasteiger partial charge in [-0.2, -0.15) is 26.3 Å². The summed E-state index contributed by atoms with van der Waals surface area (Å²) in [5.74, 6) is -16.7. The van der Waals surface area contributed by atoms with Crippen LogP contribution in [0.25, 0.3) is 0 Å². The zero-order valence-corrected chi connectivity index (χ0v) is 65.6. The molecule has 3 saturated carbocycles. The second-order valence-corrected chi connectivity index (χ2v) is 32.6. The molecule has 26 nitrogen and oxygen atoms in total. The van der Waals surface area contributed by atoms with Gasteiger partial charge in [0.15, 0.2) is 0 Å². The molecule has 8 aliphatic rings. The van der Waals surface area contributed by atoms with Crippen LogP contribution in [0.4, 0.5) is 35.1 Å². The number of amides is 12. The van der Waals surface area contributed by atoms with Gasteiger partial charge in [-0.05, 0) is 140 Å². The molecule has 8 fully saturated rings. The Bertz CT molecular complexity index is 3240. The number of hydrogen-bond donors (Lipinski definition) is 3. The molecule has 0 aromatic heterocycles. The lowest BCUT2D eigenvalue weighted by molar-refractivity contribution is -0.219. The molecule has 622 valence electrons. The molecular weight excluding hydrogens is 1460 g/mol. The lowest BCUT2D eigenvalue weighted by atomic mass is 9.76. The summed E-state index contributed by atoms with van der Waals surface area (Å²) in [5, 5.41) is 8.52. The number of hydrogen-bond acceptors (Lipinski definition) is 14. The SMILES string of the molecule is CCO[C@@H]1C[C@H]2C(=O)N[C@]3(C)CCCCCC[C@@H](C(=O)N[C@@H]([C@@H](C)CC)C(=O)N(C)CC(=O)N(C)[C@H]4CCCCN(C4=O)[C@@H](CC4CCC(C(F)(F)F)CC4)C(=O)N(C)CC(=O)N[C@@H](CCC4CC(F)C(C(F)(F)F)C(F)C4)C(=O)N2C1)N(C)C(=O)C[C@@H](C(=O)N1CCOCC1)N(C)C(=O)[C@H](C1CCCC1)N(C)C3=O. The molecule has 0 aromatic rings. The number of ether oxygens (including phenoxy) is 2. The minimum atomic E-state index is -5.22. The molecule has 5 saturated heterocycles. The predicted octanol–water partition coefficient (Wildman–Crippen LogP) is 6.10. The van der Waals surface area contributed by atoms with Crippen LogP contribution in [-0.4, -0.2) is 301 Å². The summed E-state index contributed by atoms with van der Waals surface area (Å²) in [6.07, 6.45) is -15.5. The van der Waals surface area contributed by atoms with Crippen LogP contribution >= 0.6 is 0 Å². The fourth-order valence-corrected chi connectivity index (χ4v) is 18.0. The first kappa shape index (κ1) is 88.6. The van der Waals surface area contributed by atoms with E-state index >= 15 is 51.9 Å². The standard InChI is InChI=1S/C76H118F8N12O14/c1-11-45(3)63-71(106)89(6)44-61(99)91(8)55-24-18-20-32-95(70(55)105)58(39-46-25-28-49(29-26-46)75(79,80)81)68(103)88(5)43-59(97)85-53(30-27-47-37-51(77)62(52(78)38-47)76(82,83)84)67(102)96-42-50(110-12-2)40-56(96)66(101)87-74(4)31-19-14-13-15-23-54(65(100)86-63)90(7)60(98)41-57(69(104)94-33-35-109-36-34-94)92(9)72(107)64(93(10)73(74)108)48-21-16-17-22-48/h45-58,62-64H,11-44H2,1-10H3,(H,85,97)(H,86,100)(H,87,101)/t45-,46?,47?,49?,50+,51?,52?,53-,54-,55-,56-,57-,58-,62?,63-,64-,74+/m0/s1. The molecule has 0 spiro atoms. The highest BCUT2D eigenvalue weighted by Crippen LogP contribution is 2.45. The Labute approximate surface area is 640 Å². The van der Waals surface area contributed by atoms with E-state index in [1.54, 1.807) is 20.8 Å². The highest BCUT2D eigenvalue weighted by Gasteiger charge is 2.55. The van der Waals surface area contributed by atoms with Gasteiger partial charge < -0.3 is 69.5 Å². The van der Waals surface area contributed by atoms with Gasteiger partial charge in [0.2, 0.25) is 70.9 Å². The molecule has 5 heterocycles. The molecule has 3 aliphatic carbocycles. The Morgan fingerprint density at radius 3 is 1.81 bits per heavy atom. The number of halogens is 8. The summed E-state index contributed by atoms with van der Waals surface area (Å²) >= 11 is 0. The van der Waals surface area contributed by atoms with E-state index in [9.17, 15) is 40.7 Å². The lowest BCUT2D eigenvalue weighted by Crippen LogP contribution is -2.65. The number of nitrogens with one attached hydrogen (secondary N) is 3. The number of alkyl halides is 8. The molecule has 12 amide bonds. The quantitative estimate of drug-likeness (QED) is 0.197. The second kappa shape index (κ2) is 38.7. The van der Waals surface area contributed by atoms with Gasteiger partial charge in [-0.15, -0.1) is 0 Å². The van der Waals surface area contributed by atoms with E-state index in [1.165, 1.54) is 68.8 Å². The van der Waals surface area contributed by atoms with Crippen LogP contribution in [0.1, 0.15) is 188 Å². The van der Waals surface area contributed by atoms with Gasteiger partial charge in [0.05, 0.1) is 44.7 Å². The van der Waals surface area contributed by atoms with E-state index < -0.39 is 230 Å². The lowest BCUT2D eigenvalue weighted by Gasteiger charge is -2.42. The van der Waals surface area contributed by atoms with Crippen molar-refractivity contribution >= 4 is 70.9 Å². The van der Waals surface area contributed by atoms with Crippen molar-refractivity contribution in [2.75, 3.05) is 101 Å². The molecule has 2 unspecified atom stereocenters. The molecule has 4 bridgehead atoms. The van der Waals surface area contributed by atoms with Gasteiger partial charge in [-0.1, -0.05) is 58.8 Å². The summed E-state index contributed by atoms with van der Waals surface area (Å²) in [6, 6.07) is -11.4. The Hall–Kier alpha value is -7.00.